The number of halogens is 4. The highest BCUT2D eigenvalue weighted by atomic mass is 79.9. The molecule has 9 heteroatoms. The number of hydrogen-bond acceptors (Lipinski definition) is 2. The van der Waals surface area contributed by atoms with Crippen LogP contribution in [0.15, 0.2) is 46.9 Å². The number of carbonyl (C=O) groups excluding carboxylic acids is 1. The summed E-state index contributed by atoms with van der Waals surface area (Å²) in [6, 6.07) is 12.8. The van der Waals surface area contributed by atoms with Gasteiger partial charge in [-0.25, -0.2) is 0 Å². The summed E-state index contributed by atoms with van der Waals surface area (Å²) in [6.07, 6.45) is -1.04. The lowest BCUT2D eigenvalue weighted by Gasteiger charge is -2.28. The van der Waals surface area contributed by atoms with Crippen LogP contribution in [-0.4, -0.2) is 21.0 Å². The fourth-order valence-corrected chi connectivity index (χ4v) is 3.24. The zero-order valence-corrected chi connectivity index (χ0v) is 19.1. The second-order valence-electron chi connectivity index (χ2n) is 5.88. The molecule has 1 atom stereocenters. The normalized spacial score (nSPS) is 12.2. The van der Waals surface area contributed by atoms with Crippen LogP contribution in [0.25, 0.3) is 0 Å². The van der Waals surface area contributed by atoms with Gasteiger partial charge in [-0.15, -0.1) is 0 Å². The van der Waals surface area contributed by atoms with E-state index in [-0.39, 0.29) is 5.11 Å². The predicted molar refractivity (Wildman–Crippen MR) is 121 cm³/mol. The third kappa shape index (κ3) is 6.80. The molecule has 0 saturated heterocycles. The Balaban J connectivity index is 2.10. The highest BCUT2D eigenvalue weighted by molar-refractivity contribution is 9.10. The van der Waals surface area contributed by atoms with Crippen LogP contribution in [0.1, 0.15) is 21.5 Å². The van der Waals surface area contributed by atoms with Crippen molar-refractivity contribution in [1.29, 1.82) is 0 Å². The smallest absolute Gasteiger partial charge is 0.253 e. The number of hydrogen-bond donors (Lipinski definition) is 3. The monoisotopic (exact) mass is 507 g/mol. The largest absolute Gasteiger partial charge is 0.339 e. The molecule has 0 heterocycles. The van der Waals surface area contributed by atoms with Crippen molar-refractivity contribution in [2.75, 3.05) is 5.32 Å². The number of anilines is 1. The Kier molecular flexibility index (Phi) is 7.77. The molecule has 3 N–H and O–H groups in total. The van der Waals surface area contributed by atoms with Gasteiger partial charge in [0.1, 0.15) is 6.17 Å². The predicted octanol–water partition coefficient (Wildman–Crippen LogP) is 5.48. The maximum Gasteiger partial charge on any atom is 0.253 e. The number of amides is 1. The van der Waals surface area contributed by atoms with Crippen LogP contribution in [0.3, 0.4) is 0 Å². The van der Waals surface area contributed by atoms with E-state index in [1.807, 2.05) is 38.1 Å². The standard InChI is InChI=1S/C18H17BrCl3N3OS/c1-10-6-7-14(11(2)8-10)23-17(27)25-16(18(20,21)22)24-15(26)12-4-3-5-13(19)9-12/h3-9,16H,1-2H3,(H,24,26)(H2,23,25,27). The molecule has 1 amide bonds. The molecule has 0 aromatic heterocycles. The minimum absolute atomic E-state index is 0.216. The summed E-state index contributed by atoms with van der Waals surface area (Å²) in [6.45, 7) is 3.96. The van der Waals surface area contributed by atoms with Crippen molar-refractivity contribution >= 4 is 79.7 Å². The van der Waals surface area contributed by atoms with Crippen molar-refractivity contribution in [1.82, 2.24) is 10.6 Å². The molecular weight excluding hydrogens is 493 g/mol. The van der Waals surface area contributed by atoms with E-state index in [2.05, 4.69) is 31.9 Å². The highest BCUT2D eigenvalue weighted by Crippen LogP contribution is 2.29. The second kappa shape index (κ2) is 9.43. The number of benzene rings is 2. The van der Waals surface area contributed by atoms with Gasteiger partial charge in [0.15, 0.2) is 5.11 Å². The molecule has 0 bridgehead atoms. The van der Waals surface area contributed by atoms with Crippen LogP contribution in [0.5, 0.6) is 0 Å². The Morgan fingerprint density at radius 1 is 1.11 bits per heavy atom. The average Bonchev–Trinajstić information content (AvgIpc) is 2.56. The molecule has 1 unspecified atom stereocenters. The zero-order chi connectivity index (χ0) is 20.2. The van der Waals surface area contributed by atoms with Crippen LogP contribution < -0.4 is 16.0 Å². The lowest BCUT2D eigenvalue weighted by molar-refractivity contribution is 0.0934. The first-order chi connectivity index (χ1) is 12.6. The Morgan fingerprint density at radius 2 is 1.81 bits per heavy atom. The third-order valence-electron chi connectivity index (χ3n) is 3.60. The average molecular weight is 510 g/mol. The SMILES string of the molecule is Cc1ccc(NC(=S)NC(NC(=O)c2cccc(Br)c2)C(Cl)(Cl)Cl)c(C)c1. The van der Waals surface area contributed by atoms with E-state index >= 15 is 0 Å². The molecule has 4 nitrogen and oxygen atoms in total. The maximum atomic E-state index is 12.5. The number of carbonyl (C=O) groups is 1. The molecule has 27 heavy (non-hydrogen) atoms. The minimum atomic E-state index is -1.82. The van der Waals surface area contributed by atoms with Crippen molar-refractivity contribution in [3.63, 3.8) is 0 Å². The van der Waals surface area contributed by atoms with Crippen LogP contribution in [0.2, 0.25) is 0 Å². The fourth-order valence-electron chi connectivity index (χ4n) is 2.29. The number of alkyl halides is 3. The van der Waals surface area contributed by atoms with Gasteiger partial charge in [-0.2, -0.15) is 0 Å². The quantitative estimate of drug-likeness (QED) is 0.290. The Hall–Kier alpha value is -1.05. The van der Waals surface area contributed by atoms with Gasteiger partial charge in [-0.3, -0.25) is 4.79 Å². The summed E-state index contributed by atoms with van der Waals surface area (Å²) in [5, 5.41) is 8.75. The van der Waals surface area contributed by atoms with E-state index in [4.69, 9.17) is 47.0 Å². The van der Waals surface area contributed by atoms with E-state index in [0.717, 1.165) is 21.3 Å². The van der Waals surface area contributed by atoms with Crippen molar-refractivity contribution in [2.24, 2.45) is 0 Å². The van der Waals surface area contributed by atoms with Crippen LogP contribution >= 0.6 is 63.0 Å². The summed E-state index contributed by atoms with van der Waals surface area (Å²) in [4.78, 5) is 12.5. The summed E-state index contributed by atoms with van der Waals surface area (Å²) < 4.78 is -1.06. The molecule has 0 aliphatic rings. The number of rotatable bonds is 4. The minimum Gasteiger partial charge on any atom is -0.339 e. The van der Waals surface area contributed by atoms with Gasteiger partial charge >= 0.3 is 0 Å². The molecule has 0 radical (unpaired) electrons. The topological polar surface area (TPSA) is 53.2 Å². The van der Waals surface area contributed by atoms with Crippen molar-refractivity contribution in [3.05, 3.63) is 63.6 Å². The van der Waals surface area contributed by atoms with Gasteiger partial charge in [0, 0.05) is 15.7 Å². The molecule has 0 aliphatic heterocycles. The summed E-state index contributed by atoms with van der Waals surface area (Å²) >= 11 is 26.7. The first-order valence-corrected chi connectivity index (χ1v) is 10.2. The van der Waals surface area contributed by atoms with Crippen molar-refractivity contribution in [2.45, 2.75) is 23.8 Å². The summed E-state index contributed by atoms with van der Waals surface area (Å²) in [7, 11) is 0. The summed E-state index contributed by atoms with van der Waals surface area (Å²) in [5.41, 5.74) is 3.39. The van der Waals surface area contributed by atoms with E-state index in [1.54, 1.807) is 18.2 Å². The van der Waals surface area contributed by atoms with Gasteiger partial charge < -0.3 is 16.0 Å². The number of thiocarbonyl (C=S) groups is 1. The lowest BCUT2D eigenvalue weighted by atomic mass is 10.1. The number of nitrogens with one attached hydrogen (secondary N) is 3. The molecule has 0 saturated carbocycles. The molecule has 0 aliphatic carbocycles. The third-order valence-corrected chi connectivity index (χ3v) is 4.96. The number of aryl methyl sites for hydroxylation is 2. The highest BCUT2D eigenvalue weighted by Gasteiger charge is 2.35. The Morgan fingerprint density at radius 3 is 2.41 bits per heavy atom. The Labute approximate surface area is 187 Å². The first kappa shape index (κ1) is 22.2. The van der Waals surface area contributed by atoms with E-state index in [0.29, 0.717) is 5.56 Å². The van der Waals surface area contributed by atoms with Crippen LogP contribution in [0, 0.1) is 13.8 Å². The first-order valence-electron chi connectivity index (χ1n) is 7.84. The van der Waals surface area contributed by atoms with Crippen LogP contribution in [0.4, 0.5) is 5.69 Å². The van der Waals surface area contributed by atoms with Gasteiger partial charge in [0.05, 0.1) is 0 Å². The van der Waals surface area contributed by atoms with Gasteiger partial charge in [0.25, 0.3) is 5.91 Å². The molecular formula is C18H17BrCl3N3OS. The maximum absolute atomic E-state index is 12.5. The Bertz CT molecular complexity index is 858. The van der Waals surface area contributed by atoms with Crippen molar-refractivity contribution < 1.29 is 4.79 Å². The molecule has 2 aromatic rings. The molecule has 2 rings (SSSR count). The summed E-state index contributed by atoms with van der Waals surface area (Å²) in [5.74, 6) is -0.408. The zero-order valence-electron chi connectivity index (χ0n) is 14.4. The van der Waals surface area contributed by atoms with Gasteiger partial charge in [0.2, 0.25) is 3.79 Å². The van der Waals surface area contributed by atoms with E-state index in [9.17, 15) is 4.79 Å². The molecule has 0 fully saturated rings. The van der Waals surface area contributed by atoms with Gasteiger partial charge in [-0.1, -0.05) is 74.5 Å². The van der Waals surface area contributed by atoms with E-state index < -0.39 is 15.9 Å². The van der Waals surface area contributed by atoms with Gasteiger partial charge in [-0.05, 0) is 55.9 Å². The molecule has 144 valence electrons. The fraction of sp³-hybridized carbons (Fsp3) is 0.222. The molecule has 0 spiro atoms. The second-order valence-corrected chi connectivity index (χ2v) is 9.57. The van der Waals surface area contributed by atoms with E-state index in [1.165, 1.54) is 0 Å². The molecule has 2 aromatic carbocycles. The van der Waals surface area contributed by atoms with Crippen molar-refractivity contribution in [3.8, 4) is 0 Å². The lowest BCUT2D eigenvalue weighted by Crippen LogP contribution is -2.56. The van der Waals surface area contributed by atoms with Crippen LogP contribution in [-0.2, 0) is 0 Å².